The van der Waals surface area contributed by atoms with Gasteiger partial charge in [-0.15, -0.1) is 11.3 Å². The summed E-state index contributed by atoms with van der Waals surface area (Å²) in [6.45, 7) is 0. The SMILES string of the molecule is OC1(c2cccs2)CCc2ccccc2C1. The van der Waals surface area contributed by atoms with Crippen molar-refractivity contribution < 1.29 is 5.11 Å². The second-order valence-electron chi connectivity index (χ2n) is 4.45. The van der Waals surface area contributed by atoms with Crippen molar-refractivity contribution in [3.63, 3.8) is 0 Å². The molecule has 1 aromatic heterocycles. The molecule has 0 fully saturated rings. The molecule has 2 aromatic rings. The highest BCUT2D eigenvalue weighted by Gasteiger charge is 2.34. The molecule has 0 saturated carbocycles. The second kappa shape index (κ2) is 3.72. The van der Waals surface area contributed by atoms with Crippen LogP contribution in [-0.4, -0.2) is 5.11 Å². The van der Waals surface area contributed by atoms with Crippen molar-refractivity contribution in [1.29, 1.82) is 0 Å². The summed E-state index contributed by atoms with van der Waals surface area (Å²) in [5.74, 6) is 0. The van der Waals surface area contributed by atoms with Gasteiger partial charge in [-0.05, 0) is 35.4 Å². The molecule has 16 heavy (non-hydrogen) atoms. The molecular weight excluding hydrogens is 216 g/mol. The van der Waals surface area contributed by atoms with Crippen LogP contribution in [0.4, 0.5) is 0 Å². The Bertz CT molecular complexity index is 489. The fourth-order valence-corrected chi connectivity index (χ4v) is 3.33. The van der Waals surface area contributed by atoms with Crippen molar-refractivity contribution in [2.75, 3.05) is 0 Å². The number of rotatable bonds is 1. The molecule has 0 saturated heterocycles. The third-order valence-electron chi connectivity index (χ3n) is 3.39. The summed E-state index contributed by atoms with van der Waals surface area (Å²) in [6, 6.07) is 12.5. The molecule has 0 spiro atoms. The normalized spacial score (nSPS) is 24.1. The first-order chi connectivity index (χ1) is 7.78. The van der Waals surface area contributed by atoms with E-state index in [1.165, 1.54) is 11.1 Å². The Morgan fingerprint density at radius 1 is 1.06 bits per heavy atom. The number of thiophene rings is 1. The molecular formula is C14H14OS. The van der Waals surface area contributed by atoms with Crippen LogP contribution in [0, 0.1) is 0 Å². The average molecular weight is 230 g/mol. The third-order valence-corrected chi connectivity index (χ3v) is 4.45. The molecule has 0 amide bonds. The lowest BCUT2D eigenvalue weighted by Crippen LogP contribution is -2.32. The predicted octanol–water partition coefficient (Wildman–Crippen LogP) is 3.12. The van der Waals surface area contributed by atoms with Crippen molar-refractivity contribution in [3.8, 4) is 0 Å². The fourth-order valence-electron chi connectivity index (χ4n) is 2.47. The second-order valence-corrected chi connectivity index (χ2v) is 5.40. The van der Waals surface area contributed by atoms with E-state index in [0.29, 0.717) is 0 Å². The van der Waals surface area contributed by atoms with Crippen molar-refractivity contribution in [2.45, 2.75) is 24.9 Å². The molecule has 0 bridgehead atoms. The van der Waals surface area contributed by atoms with Gasteiger partial charge in [0.25, 0.3) is 0 Å². The molecule has 1 unspecified atom stereocenters. The Labute approximate surface area is 99.4 Å². The van der Waals surface area contributed by atoms with E-state index in [1.54, 1.807) is 11.3 Å². The minimum absolute atomic E-state index is 0.636. The summed E-state index contributed by atoms with van der Waals surface area (Å²) >= 11 is 1.65. The van der Waals surface area contributed by atoms with Crippen LogP contribution in [-0.2, 0) is 18.4 Å². The molecule has 1 aliphatic carbocycles. The van der Waals surface area contributed by atoms with E-state index in [9.17, 15) is 5.11 Å². The molecule has 3 rings (SSSR count). The van der Waals surface area contributed by atoms with Crippen molar-refractivity contribution in [2.24, 2.45) is 0 Å². The Kier molecular flexibility index (Phi) is 2.34. The number of benzene rings is 1. The van der Waals surface area contributed by atoms with E-state index >= 15 is 0 Å². The first kappa shape index (κ1) is 10.1. The molecule has 1 heterocycles. The molecule has 1 aromatic carbocycles. The zero-order chi connectivity index (χ0) is 11.0. The topological polar surface area (TPSA) is 20.2 Å². The number of fused-ring (bicyclic) bond motifs is 1. The van der Waals surface area contributed by atoms with Crippen LogP contribution >= 0.6 is 11.3 Å². The monoisotopic (exact) mass is 230 g/mol. The lowest BCUT2D eigenvalue weighted by molar-refractivity contribution is 0.0259. The van der Waals surface area contributed by atoms with E-state index in [1.807, 2.05) is 17.5 Å². The Morgan fingerprint density at radius 2 is 1.88 bits per heavy atom. The molecule has 1 aliphatic rings. The Morgan fingerprint density at radius 3 is 2.62 bits per heavy atom. The van der Waals surface area contributed by atoms with E-state index in [0.717, 1.165) is 24.1 Å². The molecule has 2 heteroatoms. The maximum absolute atomic E-state index is 10.7. The molecule has 0 radical (unpaired) electrons. The summed E-state index contributed by atoms with van der Waals surface area (Å²) in [5, 5.41) is 12.7. The lowest BCUT2D eigenvalue weighted by atomic mass is 9.80. The van der Waals surface area contributed by atoms with E-state index in [-0.39, 0.29) is 0 Å². The predicted molar refractivity (Wildman–Crippen MR) is 66.7 cm³/mol. The Hall–Kier alpha value is -1.12. The van der Waals surface area contributed by atoms with Gasteiger partial charge >= 0.3 is 0 Å². The first-order valence-electron chi connectivity index (χ1n) is 5.61. The summed E-state index contributed by atoms with van der Waals surface area (Å²) in [5.41, 5.74) is 2.05. The highest BCUT2D eigenvalue weighted by atomic mass is 32.1. The number of aryl methyl sites for hydroxylation is 1. The van der Waals surface area contributed by atoms with Gasteiger partial charge in [-0.1, -0.05) is 30.3 Å². The lowest BCUT2D eigenvalue weighted by Gasteiger charge is -2.32. The van der Waals surface area contributed by atoms with Gasteiger partial charge in [0.15, 0.2) is 0 Å². The highest BCUT2D eigenvalue weighted by Crippen LogP contribution is 2.38. The van der Waals surface area contributed by atoms with Crippen LogP contribution in [0.1, 0.15) is 22.4 Å². The smallest absolute Gasteiger partial charge is 0.103 e. The van der Waals surface area contributed by atoms with Gasteiger partial charge in [0.05, 0.1) is 0 Å². The zero-order valence-corrected chi connectivity index (χ0v) is 9.83. The van der Waals surface area contributed by atoms with E-state index < -0.39 is 5.60 Å². The molecule has 82 valence electrons. The van der Waals surface area contributed by atoms with E-state index in [4.69, 9.17) is 0 Å². The molecule has 0 aliphatic heterocycles. The van der Waals surface area contributed by atoms with Gasteiger partial charge in [-0.25, -0.2) is 0 Å². The largest absolute Gasteiger partial charge is 0.384 e. The van der Waals surface area contributed by atoms with Gasteiger partial charge in [0.1, 0.15) is 5.60 Å². The minimum atomic E-state index is -0.636. The molecule has 1 atom stereocenters. The fraction of sp³-hybridized carbons (Fsp3) is 0.286. The maximum Gasteiger partial charge on any atom is 0.103 e. The summed E-state index contributed by atoms with van der Waals surface area (Å²) in [7, 11) is 0. The van der Waals surface area contributed by atoms with Crippen molar-refractivity contribution in [3.05, 3.63) is 57.8 Å². The molecule has 1 N–H and O–H groups in total. The number of hydrogen-bond acceptors (Lipinski definition) is 2. The highest BCUT2D eigenvalue weighted by molar-refractivity contribution is 7.10. The number of hydrogen-bond donors (Lipinski definition) is 1. The number of aliphatic hydroxyl groups is 1. The van der Waals surface area contributed by atoms with Crippen LogP contribution in [0.5, 0.6) is 0 Å². The summed E-state index contributed by atoms with van der Waals surface area (Å²) < 4.78 is 0. The maximum atomic E-state index is 10.7. The van der Waals surface area contributed by atoms with Gasteiger partial charge in [-0.3, -0.25) is 0 Å². The van der Waals surface area contributed by atoms with Gasteiger partial charge in [0, 0.05) is 11.3 Å². The van der Waals surface area contributed by atoms with Crippen LogP contribution < -0.4 is 0 Å². The summed E-state index contributed by atoms with van der Waals surface area (Å²) in [6.07, 6.45) is 2.57. The van der Waals surface area contributed by atoms with Gasteiger partial charge in [-0.2, -0.15) is 0 Å². The summed E-state index contributed by atoms with van der Waals surface area (Å²) in [4.78, 5) is 1.10. The third kappa shape index (κ3) is 1.58. The van der Waals surface area contributed by atoms with Crippen molar-refractivity contribution >= 4 is 11.3 Å². The van der Waals surface area contributed by atoms with Crippen molar-refractivity contribution in [1.82, 2.24) is 0 Å². The Balaban J connectivity index is 1.98. The minimum Gasteiger partial charge on any atom is -0.384 e. The van der Waals surface area contributed by atoms with Gasteiger partial charge in [0.2, 0.25) is 0 Å². The van der Waals surface area contributed by atoms with Crippen LogP contribution in [0.15, 0.2) is 41.8 Å². The zero-order valence-electron chi connectivity index (χ0n) is 9.02. The van der Waals surface area contributed by atoms with Crippen LogP contribution in [0.2, 0.25) is 0 Å². The standard InChI is InChI=1S/C14H14OS/c15-14(13-6-3-9-16-13)8-7-11-4-1-2-5-12(11)10-14/h1-6,9,15H,7-8,10H2. The average Bonchev–Trinajstić information content (AvgIpc) is 2.83. The first-order valence-corrected chi connectivity index (χ1v) is 6.49. The van der Waals surface area contributed by atoms with Crippen LogP contribution in [0.25, 0.3) is 0 Å². The van der Waals surface area contributed by atoms with Crippen LogP contribution in [0.3, 0.4) is 0 Å². The molecule has 1 nitrogen and oxygen atoms in total. The van der Waals surface area contributed by atoms with Gasteiger partial charge < -0.3 is 5.11 Å². The van der Waals surface area contributed by atoms with E-state index in [2.05, 4.69) is 24.3 Å². The quantitative estimate of drug-likeness (QED) is 0.798.